The Morgan fingerprint density at radius 2 is 1.93 bits per heavy atom. The lowest BCUT2D eigenvalue weighted by Gasteiger charge is -2.19. The second-order valence-corrected chi connectivity index (χ2v) is 3.40. The van der Waals surface area contributed by atoms with E-state index in [-0.39, 0.29) is 0 Å². The van der Waals surface area contributed by atoms with Crippen molar-refractivity contribution in [2.75, 3.05) is 14.2 Å². The van der Waals surface area contributed by atoms with Gasteiger partial charge in [-0.1, -0.05) is 12.1 Å². The van der Waals surface area contributed by atoms with E-state index in [4.69, 9.17) is 4.74 Å². The maximum atomic E-state index is 9.28. The van der Waals surface area contributed by atoms with Crippen molar-refractivity contribution in [3.05, 3.63) is 29.8 Å². The number of aliphatic hydroxyl groups is 1. The summed E-state index contributed by atoms with van der Waals surface area (Å²) in [4.78, 5) is 1.86. The Hall–Kier alpha value is -1.06. The van der Waals surface area contributed by atoms with Crippen LogP contribution in [0.15, 0.2) is 24.3 Å². The first kappa shape index (κ1) is 11.0. The molecule has 14 heavy (non-hydrogen) atoms. The largest absolute Gasteiger partial charge is 0.497 e. The van der Waals surface area contributed by atoms with Crippen molar-refractivity contribution in [1.29, 1.82) is 0 Å². The molecule has 1 aromatic rings. The molecule has 0 saturated carbocycles. The lowest BCUT2D eigenvalue weighted by Crippen LogP contribution is -2.27. The van der Waals surface area contributed by atoms with Gasteiger partial charge in [-0.25, -0.2) is 0 Å². The van der Waals surface area contributed by atoms with E-state index in [1.807, 2.05) is 36.2 Å². The molecule has 0 aliphatic heterocycles. The summed E-state index contributed by atoms with van der Waals surface area (Å²) >= 11 is 0. The van der Waals surface area contributed by atoms with Gasteiger partial charge in [0.25, 0.3) is 0 Å². The van der Waals surface area contributed by atoms with Crippen LogP contribution in [0.4, 0.5) is 0 Å². The fourth-order valence-corrected chi connectivity index (χ4v) is 1.15. The molecule has 1 aromatic carbocycles. The molecule has 0 heterocycles. The first-order valence-electron chi connectivity index (χ1n) is 4.64. The van der Waals surface area contributed by atoms with Gasteiger partial charge >= 0.3 is 0 Å². The normalized spacial score (nSPS) is 12.9. The molecule has 0 radical (unpaired) electrons. The van der Waals surface area contributed by atoms with Gasteiger partial charge in [-0.2, -0.15) is 0 Å². The van der Waals surface area contributed by atoms with Crippen molar-refractivity contribution in [2.24, 2.45) is 0 Å². The predicted molar refractivity (Wildman–Crippen MR) is 56.1 cm³/mol. The van der Waals surface area contributed by atoms with E-state index < -0.39 is 6.23 Å². The number of aliphatic hydroxyl groups excluding tert-OH is 1. The van der Waals surface area contributed by atoms with Gasteiger partial charge in [-0.3, -0.25) is 4.90 Å². The molecule has 0 aliphatic rings. The van der Waals surface area contributed by atoms with Crippen molar-refractivity contribution in [2.45, 2.75) is 19.7 Å². The average molecular weight is 195 g/mol. The van der Waals surface area contributed by atoms with Gasteiger partial charge in [-0.15, -0.1) is 0 Å². The summed E-state index contributed by atoms with van der Waals surface area (Å²) in [5, 5.41) is 9.28. The third-order valence-electron chi connectivity index (χ3n) is 2.23. The summed E-state index contributed by atoms with van der Waals surface area (Å²) in [7, 11) is 3.53. The molecule has 0 aliphatic carbocycles. The highest BCUT2D eigenvalue weighted by Crippen LogP contribution is 2.12. The number of rotatable bonds is 4. The molecule has 1 unspecified atom stereocenters. The maximum absolute atomic E-state index is 9.28. The fourth-order valence-electron chi connectivity index (χ4n) is 1.15. The highest BCUT2D eigenvalue weighted by molar-refractivity contribution is 5.26. The van der Waals surface area contributed by atoms with Crippen LogP contribution in [0.2, 0.25) is 0 Å². The standard InChI is InChI=1S/C11H17NO2/c1-9(13)12(2)8-10-4-6-11(14-3)7-5-10/h4-7,9,13H,8H2,1-3H3. The highest BCUT2D eigenvalue weighted by Gasteiger charge is 2.04. The van der Waals surface area contributed by atoms with Crippen molar-refractivity contribution < 1.29 is 9.84 Å². The van der Waals surface area contributed by atoms with Gasteiger partial charge in [0.1, 0.15) is 12.0 Å². The van der Waals surface area contributed by atoms with E-state index in [1.54, 1.807) is 14.0 Å². The quantitative estimate of drug-likeness (QED) is 0.738. The molecule has 0 spiro atoms. The zero-order valence-corrected chi connectivity index (χ0v) is 8.90. The first-order valence-corrected chi connectivity index (χ1v) is 4.64. The molecule has 0 amide bonds. The summed E-state index contributed by atoms with van der Waals surface area (Å²) in [6.45, 7) is 2.49. The van der Waals surface area contributed by atoms with E-state index in [1.165, 1.54) is 0 Å². The summed E-state index contributed by atoms with van der Waals surface area (Å²) in [6, 6.07) is 7.84. The Kier molecular flexibility index (Phi) is 3.92. The van der Waals surface area contributed by atoms with Gasteiger partial charge < -0.3 is 9.84 Å². The molecule has 1 rings (SSSR count). The second kappa shape index (κ2) is 4.98. The van der Waals surface area contributed by atoms with Crippen molar-refractivity contribution in [3.63, 3.8) is 0 Å². The van der Waals surface area contributed by atoms with Crippen molar-refractivity contribution >= 4 is 0 Å². The van der Waals surface area contributed by atoms with E-state index in [0.29, 0.717) is 0 Å². The maximum Gasteiger partial charge on any atom is 0.118 e. The van der Waals surface area contributed by atoms with Crippen LogP contribution < -0.4 is 4.74 Å². The Labute approximate surface area is 84.9 Å². The van der Waals surface area contributed by atoms with E-state index in [0.717, 1.165) is 17.9 Å². The van der Waals surface area contributed by atoms with Crippen LogP contribution in [0.5, 0.6) is 5.75 Å². The molecule has 0 bridgehead atoms. The molecular weight excluding hydrogens is 178 g/mol. The van der Waals surface area contributed by atoms with E-state index in [9.17, 15) is 5.11 Å². The summed E-state index contributed by atoms with van der Waals surface area (Å²) in [5.74, 6) is 0.855. The van der Waals surface area contributed by atoms with Crippen LogP contribution >= 0.6 is 0 Å². The third kappa shape index (κ3) is 3.01. The van der Waals surface area contributed by atoms with Gasteiger partial charge in [0.2, 0.25) is 0 Å². The van der Waals surface area contributed by atoms with Gasteiger partial charge in [0.05, 0.1) is 7.11 Å². The SMILES string of the molecule is COc1ccc(CN(C)C(C)O)cc1. The van der Waals surface area contributed by atoms with Crippen LogP contribution in [-0.2, 0) is 6.54 Å². The average Bonchev–Trinajstić information content (AvgIpc) is 2.19. The van der Waals surface area contributed by atoms with Gasteiger partial charge in [0, 0.05) is 6.54 Å². The number of ether oxygens (including phenoxy) is 1. The third-order valence-corrected chi connectivity index (χ3v) is 2.23. The molecule has 1 N–H and O–H groups in total. The zero-order valence-electron chi connectivity index (χ0n) is 8.90. The number of nitrogens with zero attached hydrogens (tertiary/aromatic N) is 1. The zero-order chi connectivity index (χ0) is 10.6. The Morgan fingerprint density at radius 1 is 1.36 bits per heavy atom. The van der Waals surface area contributed by atoms with E-state index >= 15 is 0 Å². The van der Waals surface area contributed by atoms with Crippen LogP contribution in [0.25, 0.3) is 0 Å². The number of benzene rings is 1. The molecule has 3 nitrogen and oxygen atoms in total. The number of methoxy groups -OCH3 is 1. The van der Waals surface area contributed by atoms with Gasteiger partial charge in [0.15, 0.2) is 0 Å². The summed E-state index contributed by atoms with van der Waals surface area (Å²) < 4.78 is 5.06. The lowest BCUT2D eigenvalue weighted by molar-refractivity contribution is 0.0329. The summed E-state index contributed by atoms with van der Waals surface area (Å²) in [5.41, 5.74) is 1.16. The molecule has 3 heteroatoms. The lowest BCUT2D eigenvalue weighted by atomic mass is 10.2. The Morgan fingerprint density at radius 3 is 2.36 bits per heavy atom. The molecule has 78 valence electrons. The van der Waals surface area contributed by atoms with Crippen LogP contribution in [-0.4, -0.2) is 30.4 Å². The molecule has 0 saturated heterocycles. The first-order chi connectivity index (χ1) is 6.63. The topological polar surface area (TPSA) is 32.7 Å². The van der Waals surface area contributed by atoms with Crippen molar-refractivity contribution in [3.8, 4) is 5.75 Å². The van der Waals surface area contributed by atoms with E-state index in [2.05, 4.69) is 0 Å². The van der Waals surface area contributed by atoms with Crippen LogP contribution in [0.1, 0.15) is 12.5 Å². The predicted octanol–water partition coefficient (Wildman–Crippen LogP) is 1.47. The monoisotopic (exact) mass is 195 g/mol. The second-order valence-electron chi connectivity index (χ2n) is 3.40. The minimum absolute atomic E-state index is 0.419. The minimum atomic E-state index is -0.419. The number of hydrogen-bond acceptors (Lipinski definition) is 3. The smallest absolute Gasteiger partial charge is 0.118 e. The molecule has 0 aromatic heterocycles. The highest BCUT2D eigenvalue weighted by atomic mass is 16.5. The van der Waals surface area contributed by atoms with Gasteiger partial charge in [-0.05, 0) is 31.7 Å². The van der Waals surface area contributed by atoms with Crippen molar-refractivity contribution in [1.82, 2.24) is 4.90 Å². The molecular formula is C11H17NO2. The van der Waals surface area contributed by atoms with Crippen LogP contribution in [0, 0.1) is 0 Å². The fraction of sp³-hybridized carbons (Fsp3) is 0.455. The number of hydrogen-bond donors (Lipinski definition) is 1. The minimum Gasteiger partial charge on any atom is -0.497 e. The Bertz CT molecular complexity index is 269. The summed E-state index contributed by atoms with van der Waals surface area (Å²) in [6.07, 6.45) is -0.419. The molecule has 1 atom stereocenters. The molecule has 0 fully saturated rings. The van der Waals surface area contributed by atoms with Crippen LogP contribution in [0.3, 0.4) is 0 Å². The Balaban J connectivity index is 2.59.